The first-order valence-corrected chi connectivity index (χ1v) is 11.6. The molecule has 10 heteroatoms. The highest BCUT2D eigenvalue weighted by atomic mass is 19.4. The summed E-state index contributed by atoms with van der Waals surface area (Å²) in [4.78, 5) is 13.2. The van der Waals surface area contributed by atoms with Crippen LogP contribution in [0.25, 0.3) is 11.8 Å². The second kappa shape index (κ2) is 9.26. The number of hydrogen-bond acceptors (Lipinski definition) is 4. The van der Waals surface area contributed by atoms with Gasteiger partial charge in [0.2, 0.25) is 0 Å². The summed E-state index contributed by atoms with van der Waals surface area (Å²) in [6, 6.07) is 9.91. The van der Waals surface area contributed by atoms with Crippen molar-refractivity contribution in [1.82, 2.24) is 9.47 Å². The Bertz CT molecular complexity index is 1360. The lowest BCUT2D eigenvalue weighted by molar-refractivity contribution is -0.158. The van der Waals surface area contributed by atoms with Gasteiger partial charge in [0.05, 0.1) is 22.2 Å². The number of rotatable bonds is 7. The number of carbonyl (C=O) groups is 1. The van der Waals surface area contributed by atoms with Gasteiger partial charge in [0, 0.05) is 44.2 Å². The van der Waals surface area contributed by atoms with Crippen LogP contribution in [-0.2, 0) is 17.6 Å². The van der Waals surface area contributed by atoms with E-state index in [2.05, 4.69) is 0 Å². The van der Waals surface area contributed by atoms with Crippen LogP contribution >= 0.6 is 0 Å². The minimum Gasteiger partial charge on any atom is -0.489 e. The van der Waals surface area contributed by atoms with Gasteiger partial charge in [-0.05, 0) is 48.4 Å². The summed E-state index contributed by atoms with van der Waals surface area (Å²) in [5.74, 6) is -1.01. The van der Waals surface area contributed by atoms with Crippen molar-refractivity contribution >= 4 is 12.0 Å². The molecule has 3 heterocycles. The van der Waals surface area contributed by atoms with Gasteiger partial charge in [-0.1, -0.05) is 6.07 Å². The third-order valence-electron chi connectivity index (χ3n) is 6.57. The van der Waals surface area contributed by atoms with Gasteiger partial charge in [-0.15, -0.1) is 0 Å². The zero-order valence-corrected chi connectivity index (χ0v) is 19.9. The number of nitrogens with zero attached hydrogens (tertiary/aromatic N) is 2. The fourth-order valence-electron chi connectivity index (χ4n) is 4.68. The second-order valence-corrected chi connectivity index (χ2v) is 9.65. The molecule has 0 unspecified atom stereocenters. The van der Waals surface area contributed by atoms with Crippen LogP contribution in [0.5, 0.6) is 11.5 Å². The lowest BCUT2D eigenvalue weighted by atomic mass is 9.82. The van der Waals surface area contributed by atoms with Crippen LogP contribution in [0.15, 0.2) is 60.4 Å². The quantitative estimate of drug-likeness (QED) is 0.427. The van der Waals surface area contributed by atoms with E-state index < -0.39 is 28.9 Å². The average Bonchev–Trinajstić information content (AvgIpc) is 3.36. The zero-order chi connectivity index (χ0) is 26.4. The number of halogens is 4. The summed E-state index contributed by atoms with van der Waals surface area (Å²) in [6.07, 6.45) is 0.192. The number of benzene rings is 2. The second-order valence-electron chi connectivity index (χ2n) is 9.65. The average molecular weight is 516 g/mol. The van der Waals surface area contributed by atoms with Crippen molar-refractivity contribution in [3.8, 4) is 17.2 Å². The van der Waals surface area contributed by atoms with E-state index in [1.807, 2.05) is 4.90 Å². The maximum atomic E-state index is 14.9. The molecule has 194 valence electrons. The topological polar surface area (TPSA) is 63.9 Å². The molecule has 0 amide bonds. The van der Waals surface area contributed by atoms with E-state index in [0.29, 0.717) is 19.6 Å². The predicted molar refractivity (Wildman–Crippen MR) is 127 cm³/mol. The summed E-state index contributed by atoms with van der Waals surface area (Å²) in [5.41, 5.74) is -0.210. The highest BCUT2D eigenvalue weighted by Gasteiger charge is 2.45. The first kappa shape index (κ1) is 24.9. The summed E-state index contributed by atoms with van der Waals surface area (Å²) < 4.78 is 68.6. The Morgan fingerprint density at radius 2 is 1.89 bits per heavy atom. The molecule has 1 N–H and O–H groups in total. The Kier molecular flexibility index (Phi) is 6.23. The molecular formula is C27H24F4N2O4. The van der Waals surface area contributed by atoms with Gasteiger partial charge in [0.1, 0.15) is 30.5 Å². The lowest BCUT2D eigenvalue weighted by Crippen LogP contribution is -2.59. The molecule has 6 nitrogen and oxygen atoms in total. The maximum absolute atomic E-state index is 14.9. The smallest absolute Gasteiger partial charge is 0.418 e. The van der Waals surface area contributed by atoms with Crippen LogP contribution in [0.4, 0.5) is 17.6 Å². The van der Waals surface area contributed by atoms with E-state index in [0.717, 1.165) is 11.6 Å². The van der Waals surface area contributed by atoms with Crippen molar-refractivity contribution in [3.63, 3.8) is 0 Å². The van der Waals surface area contributed by atoms with Crippen molar-refractivity contribution in [3.05, 3.63) is 82.9 Å². The van der Waals surface area contributed by atoms with E-state index in [1.54, 1.807) is 25.1 Å². The Labute approximate surface area is 210 Å². The minimum atomic E-state index is -4.56. The molecule has 3 aromatic rings. The van der Waals surface area contributed by atoms with Crippen LogP contribution in [0.3, 0.4) is 0 Å². The Balaban J connectivity index is 1.28. The van der Waals surface area contributed by atoms with Crippen molar-refractivity contribution in [1.29, 1.82) is 0 Å². The van der Waals surface area contributed by atoms with Crippen molar-refractivity contribution in [2.45, 2.75) is 19.7 Å². The molecule has 2 aliphatic rings. The molecule has 5 rings (SSSR count). The number of likely N-dealkylation sites (tertiary alicyclic amines) is 1. The van der Waals surface area contributed by atoms with E-state index in [9.17, 15) is 27.5 Å². The van der Waals surface area contributed by atoms with Crippen molar-refractivity contribution in [2.75, 3.05) is 26.2 Å². The lowest BCUT2D eigenvalue weighted by Gasteiger charge is -2.45. The predicted octanol–water partition coefficient (Wildman–Crippen LogP) is 5.40. The summed E-state index contributed by atoms with van der Waals surface area (Å²) in [7, 11) is 0. The van der Waals surface area contributed by atoms with Crippen LogP contribution < -0.4 is 9.47 Å². The summed E-state index contributed by atoms with van der Waals surface area (Å²) in [6.45, 7) is 3.00. The minimum absolute atomic E-state index is 0.00267. The first-order chi connectivity index (χ1) is 17.5. The van der Waals surface area contributed by atoms with E-state index in [4.69, 9.17) is 9.47 Å². The molecule has 1 aromatic heterocycles. The zero-order valence-electron chi connectivity index (χ0n) is 19.9. The molecule has 0 radical (unpaired) electrons. The maximum Gasteiger partial charge on any atom is 0.418 e. The van der Waals surface area contributed by atoms with Gasteiger partial charge in [-0.3, -0.25) is 9.69 Å². The van der Waals surface area contributed by atoms with Crippen LogP contribution in [-0.4, -0.2) is 46.8 Å². The third-order valence-corrected chi connectivity index (χ3v) is 6.57. The third kappa shape index (κ3) is 5.06. The fourth-order valence-corrected chi connectivity index (χ4v) is 4.68. The van der Waals surface area contributed by atoms with Crippen molar-refractivity contribution in [2.24, 2.45) is 5.41 Å². The Hall–Kier alpha value is -3.79. The number of hydrogen-bond donors (Lipinski definition) is 1. The van der Waals surface area contributed by atoms with Crippen molar-refractivity contribution < 1.29 is 36.9 Å². The van der Waals surface area contributed by atoms with Gasteiger partial charge in [0.15, 0.2) is 0 Å². The number of alkyl halides is 3. The van der Waals surface area contributed by atoms with E-state index in [1.165, 1.54) is 41.2 Å². The van der Waals surface area contributed by atoms with Gasteiger partial charge < -0.3 is 19.1 Å². The Morgan fingerprint density at radius 1 is 1.16 bits per heavy atom. The number of ether oxygens (including phenoxy) is 2. The van der Waals surface area contributed by atoms with Crippen LogP contribution in [0, 0.1) is 11.2 Å². The number of aromatic nitrogens is 1. The Morgan fingerprint density at radius 3 is 2.57 bits per heavy atom. The highest BCUT2D eigenvalue weighted by Crippen LogP contribution is 2.37. The van der Waals surface area contributed by atoms with E-state index >= 15 is 0 Å². The first-order valence-electron chi connectivity index (χ1n) is 11.6. The molecule has 0 saturated carbocycles. The van der Waals surface area contributed by atoms with Gasteiger partial charge in [-0.25, -0.2) is 4.39 Å². The number of carboxylic acids is 1. The standard InChI is InChI=1S/C27H24F4N2O4/c1-26(25(34)35)15-32(16-26)12-18-8-20-22(28)10-19(11-24(20)37-14-18)36-13-17-4-5-23(33-6-2-3-7-33)21(9-17)27(29,30)31/h2-11H,12-16H2,1H3,(H,34,35). The summed E-state index contributed by atoms with van der Waals surface area (Å²) in [5, 5.41) is 9.25. The van der Waals surface area contributed by atoms with E-state index in [-0.39, 0.29) is 41.5 Å². The largest absolute Gasteiger partial charge is 0.489 e. The van der Waals surface area contributed by atoms with Gasteiger partial charge in [-0.2, -0.15) is 13.2 Å². The molecule has 0 aliphatic carbocycles. The molecule has 2 aromatic carbocycles. The van der Waals surface area contributed by atoms with Crippen LogP contribution in [0.1, 0.15) is 23.6 Å². The van der Waals surface area contributed by atoms with Gasteiger partial charge in [0.25, 0.3) is 0 Å². The number of aliphatic carboxylic acids is 1. The highest BCUT2D eigenvalue weighted by molar-refractivity contribution is 5.76. The molecule has 1 fully saturated rings. The number of fused-ring (bicyclic) bond motifs is 1. The molecule has 2 aliphatic heterocycles. The monoisotopic (exact) mass is 516 g/mol. The molecule has 37 heavy (non-hydrogen) atoms. The number of carboxylic acid groups (broad SMARTS) is 1. The molecule has 1 saturated heterocycles. The normalized spacial score (nSPS) is 16.8. The molecular weight excluding hydrogens is 492 g/mol. The molecule has 0 spiro atoms. The summed E-state index contributed by atoms with van der Waals surface area (Å²) >= 11 is 0. The van der Waals surface area contributed by atoms with Crippen LogP contribution in [0.2, 0.25) is 0 Å². The SMILES string of the molecule is CC1(C(=O)O)CN(CC2=Cc3c(F)cc(OCc4ccc(-n5cccc5)c(C(F)(F)F)c4)cc3OC2)C1. The molecule has 0 bridgehead atoms. The fraction of sp³-hybridized carbons (Fsp3) is 0.296. The van der Waals surface area contributed by atoms with Gasteiger partial charge >= 0.3 is 12.1 Å². The molecule has 0 atom stereocenters.